The Kier molecular flexibility index (Phi) is 3.22. The number of nitrogens with one attached hydrogen (secondary N) is 1. The van der Waals surface area contributed by atoms with Crippen LogP contribution in [-0.2, 0) is 4.74 Å². The maximum Gasteiger partial charge on any atom is 0.352 e. The molecule has 0 atom stereocenters. The van der Waals surface area contributed by atoms with Crippen LogP contribution in [-0.4, -0.2) is 47.3 Å². The first-order valence-electron chi connectivity index (χ1n) is 5.94. The number of morpholine rings is 1. The van der Waals surface area contributed by atoms with E-state index in [4.69, 9.17) is 9.84 Å². The van der Waals surface area contributed by atoms with Crippen LogP contribution >= 0.6 is 11.3 Å². The van der Waals surface area contributed by atoms with Gasteiger partial charge < -0.3 is 19.7 Å². The molecule has 2 aromatic rings. The van der Waals surface area contributed by atoms with Gasteiger partial charge in [-0.15, -0.1) is 11.3 Å². The summed E-state index contributed by atoms with van der Waals surface area (Å²) in [7, 11) is 0. The molecular weight excluding hydrogens is 266 g/mol. The van der Waals surface area contributed by atoms with Gasteiger partial charge in [-0.2, -0.15) is 0 Å². The largest absolute Gasteiger partial charge is 0.477 e. The highest BCUT2D eigenvalue weighted by Gasteiger charge is 2.16. The molecule has 0 aromatic carbocycles. The summed E-state index contributed by atoms with van der Waals surface area (Å²) >= 11 is 1.57. The minimum absolute atomic E-state index is 0.177. The van der Waals surface area contributed by atoms with E-state index in [0.717, 1.165) is 42.7 Å². The number of aromatic nitrogens is 2. The summed E-state index contributed by atoms with van der Waals surface area (Å²) in [4.78, 5) is 20.3. The van der Waals surface area contributed by atoms with Gasteiger partial charge >= 0.3 is 5.97 Å². The normalized spacial score (nSPS) is 15.7. The number of ether oxygens (including phenoxy) is 1. The van der Waals surface area contributed by atoms with Crippen LogP contribution < -0.4 is 4.90 Å². The van der Waals surface area contributed by atoms with Crippen molar-refractivity contribution in [2.75, 3.05) is 31.2 Å². The molecule has 0 unspecified atom stereocenters. The zero-order chi connectivity index (χ0) is 13.2. The van der Waals surface area contributed by atoms with Crippen LogP contribution in [0.15, 0.2) is 17.6 Å². The van der Waals surface area contributed by atoms with Crippen molar-refractivity contribution in [2.45, 2.75) is 0 Å². The predicted molar refractivity (Wildman–Crippen MR) is 71.9 cm³/mol. The Hall–Kier alpha value is -1.86. The summed E-state index contributed by atoms with van der Waals surface area (Å²) < 4.78 is 5.31. The van der Waals surface area contributed by atoms with Crippen LogP contribution in [0, 0.1) is 0 Å². The Balaban J connectivity index is 1.81. The molecule has 7 heteroatoms. The van der Waals surface area contributed by atoms with Crippen molar-refractivity contribution in [3.63, 3.8) is 0 Å². The van der Waals surface area contributed by atoms with Gasteiger partial charge in [0.1, 0.15) is 5.69 Å². The molecule has 1 saturated heterocycles. The number of thiazole rings is 1. The van der Waals surface area contributed by atoms with Crippen LogP contribution in [0.25, 0.3) is 11.3 Å². The first-order chi connectivity index (χ1) is 9.24. The number of aromatic carboxylic acids is 1. The third-order valence-electron chi connectivity index (χ3n) is 2.98. The number of carbonyl (C=O) groups is 1. The molecule has 0 amide bonds. The molecule has 0 saturated carbocycles. The molecule has 0 radical (unpaired) electrons. The van der Waals surface area contributed by atoms with Gasteiger partial charge in [0, 0.05) is 30.2 Å². The highest BCUT2D eigenvalue weighted by atomic mass is 32.1. The fourth-order valence-electron chi connectivity index (χ4n) is 1.96. The molecule has 3 heterocycles. The second-order valence-corrected chi connectivity index (χ2v) is 5.06. The second kappa shape index (κ2) is 5.02. The highest BCUT2D eigenvalue weighted by molar-refractivity contribution is 7.14. The van der Waals surface area contributed by atoms with E-state index < -0.39 is 5.97 Å². The Bertz CT molecular complexity index is 587. The quantitative estimate of drug-likeness (QED) is 0.893. The zero-order valence-corrected chi connectivity index (χ0v) is 10.9. The molecule has 6 nitrogen and oxygen atoms in total. The van der Waals surface area contributed by atoms with Crippen molar-refractivity contribution in [2.24, 2.45) is 0 Å². The molecule has 0 aliphatic carbocycles. The molecule has 0 bridgehead atoms. The summed E-state index contributed by atoms with van der Waals surface area (Å²) in [5, 5.41) is 11.8. The maximum absolute atomic E-state index is 10.8. The Morgan fingerprint density at radius 2 is 2.26 bits per heavy atom. The van der Waals surface area contributed by atoms with Gasteiger partial charge in [-0.05, 0) is 6.07 Å². The molecule has 0 spiro atoms. The molecule has 3 rings (SSSR count). The molecule has 19 heavy (non-hydrogen) atoms. The lowest BCUT2D eigenvalue weighted by Crippen LogP contribution is -2.36. The molecule has 1 aliphatic heterocycles. The van der Waals surface area contributed by atoms with E-state index >= 15 is 0 Å². The van der Waals surface area contributed by atoms with Crippen molar-refractivity contribution in [3.8, 4) is 11.3 Å². The molecule has 2 aromatic heterocycles. The maximum atomic E-state index is 10.8. The van der Waals surface area contributed by atoms with E-state index in [0.29, 0.717) is 0 Å². The van der Waals surface area contributed by atoms with Gasteiger partial charge in [0.2, 0.25) is 0 Å². The van der Waals surface area contributed by atoms with Crippen molar-refractivity contribution < 1.29 is 14.6 Å². The first kappa shape index (κ1) is 12.2. The smallest absolute Gasteiger partial charge is 0.352 e. The van der Waals surface area contributed by atoms with Crippen molar-refractivity contribution in [1.82, 2.24) is 9.97 Å². The lowest BCUT2D eigenvalue weighted by Gasteiger charge is -2.25. The lowest BCUT2D eigenvalue weighted by molar-refractivity contribution is 0.0691. The summed E-state index contributed by atoms with van der Waals surface area (Å²) in [5.74, 6) is -0.963. The number of carboxylic acid groups (broad SMARTS) is 1. The van der Waals surface area contributed by atoms with E-state index in [-0.39, 0.29) is 5.69 Å². The topological polar surface area (TPSA) is 78.4 Å². The van der Waals surface area contributed by atoms with Crippen LogP contribution in [0.2, 0.25) is 0 Å². The predicted octanol–water partition coefficient (Wildman–Crippen LogP) is 1.67. The van der Waals surface area contributed by atoms with E-state index in [1.54, 1.807) is 23.6 Å². The molecule has 1 fully saturated rings. The van der Waals surface area contributed by atoms with Gasteiger partial charge in [0.15, 0.2) is 5.13 Å². The lowest BCUT2D eigenvalue weighted by atomic mass is 10.2. The standard InChI is InChI=1S/C12H13N3O3S/c16-11(17)9-5-8(6-13-9)10-7-19-12(14-10)15-1-3-18-4-2-15/h5-7,13H,1-4H2,(H,16,17). The molecule has 2 N–H and O–H groups in total. The number of rotatable bonds is 3. The van der Waals surface area contributed by atoms with Gasteiger partial charge in [0.05, 0.1) is 18.9 Å². The van der Waals surface area contributed by atoms with Crippen LogP contribution in [0.1, 0.15) is 10.5 Å². The van der Waals surface area contributed by atoms with Crippen LogP contribution in [0.3, 0.4) is 0 Å². The van der Waals surface area contributed by atoms with Gasteiger partial charge in [-0.3, -0.25) is 0 Å². The Morgan fingerprint density at radius 3 is 2.95 bits per heavy atom. The minimum atomic E-state index is -0.963. The number of hydrogen-bond donors (Lipinski definition) is 2. The Labute approximate surface area is 113 Å². The summed E-state index contributed by atoms with van der Waals surface area (Å²) in [5.41, 5.74) is 1.78. The summed E-state index contributed by atoms with van der Waals surface area (Å²) in [6.07, 6.45) is 1.67. The third kappa shape index (κ3) is 2.47. The second-order valence-electron chi connectivity index (χ2n) is 4.22. The zero-order valence-electron chi connectivity index (χ0n) is 10.1. The molecule has 1 aliphatic rings. The summed E-state index contributed by atoms with van der Waals surface area (Å²) in [6.45, 7) is 3.14. The van der Waals surface area contributed by atoms with E-state index in [1.807, 2.05) is 5.38 Å². The first-order valence-corrected chi connectivity index (χ1v) is 6.82. The Morgan fingerprint density at radius 1 is 1.47 bits per heavy atom. The fourth-order valence-corrected chi connectivity index (χ4v) is 2.85. The van der Waals surface area contributed by atoms with Crippen LogP contribution in [0.5, 0.6) is 0 Å². The number of anilines is 1. The number of carboxylic acids is 1. The van der Waals surface area contributed by atoms with Crippen molar-refractivity contribution >= 4 is 22.4 Å². The number of hydrogen-bond acceptors (Lipinski definition) is 5. The fraction of sp³-hybridized carbons (Fsp3) is 0.333. The van der Waals surface area contributed by atoms with Gasteiger partial charge in [0.25, 0.3) is 0 Å². The van der Waals surface area contributed by atoms with Crippen LogP contribution in [0.4, 0.5) is 5.13 Å². The van der Waals surface area contributed by atoms with E-state index in [9.17, 15) is 4.79 Å². The highest BCUT2D eigenvalue weighted by Crippen LogP contribution is 2.28. The van der Waals surface area contributed by atoms with E-state index in [1.165, 1.54) is 0 Å². The number of H-pyrrole nitrogens is 1. The minimum Gasteiger partial charge on any atom is -0.477 e. The average Bonchev–Trinajstić information content (AvgIpc) is 3.09. The monoisotopic (exact) mass is 279 g/mol. The molecular formula is C12H13N3O3S. The third-order valence-corrected chi connectivity index (χ3v) is 3.88. The molecule has 100 valence electrons. The van der Waals surface area contributed by atoms with E-state index in [2.05, 4.69) is 14.9 Å². The van der Waals surface area contributed by atoms with Gasteiger partial charge in [-0.1, -0.05) is 0 Å². The van der Waals surface area contributed by atoms with Gasteiger partial charge in [-0.25, -0.2) is 9.78 Å². The number of aromatic amines is 1. The summed E-state index contributed by atoms with van der Waals surface area (Å²) in [6, 6.07) is 1.60. The SMILES string of the molecule is O=C(O)c1cc(-c2csc(N3CCOCC3)n2)c[nH]1. The van der Waals surface area contributed by atoms with Crippen molar-refractivity contribution in [3.05, 3.63) is 23.3 Å². The average molecular weight is 279 g/mol. The van der Waals surface area contributed by atoms with Crippen molar-refractivity contribution in [1.29, 1.82) is 0 Å². The number of nitrogens with zero attached hydrogens (tertiary/aromatic N) is 2.